The first kappa shape index (κ1) is 42.4. The van der Waals surface area contributed by atoms with E-state index in [0.717, 1.165) is 12.2 Å². The van der Waals surface area contributed by atoms with Crippen LogP contribution in [0.4, 0.5) is 36.2 Å². The van der Waals surface area contributed by atoms with Crippen molar-refractivity contribution in [1.82, 2.24) is 19.4 Å². The molecular formula is C31H40F3N7O8S2. The molecule has 51 heavy (non-hydrogen) atoms. The van der Waals surface area contributed by atoms with Crippen LogP contribution in [0.3, 0.4) is 0 Å². The van der Waals surface area contributed by atoms with Crippen LogP contribution in [0.25, 0.3) is 22.2 Å². The van der Waals surface area contributed by atoms with Crippen molar-refractivity contribution in [2.75, 3.05) is 69.4 Å². The normalized spacial score (nSPS) is 11.5. The number of ether oxygens (including phenoxy) is 1. The molecule has 4 N–H and O–H groups in total. The molecule has 2 aromatic heterocycles. The van der Waals surface area contributed by atoms with Crippen LogP contribution in [0.15, 0.2) is 67.5 Å². The number of halogens is 3. The van der Waals surface area contributed by atoms with Crippen molar-refractivity contribution in [1.29, 1.82) is 0 Å². The molecular weight excluding hydrogens is 720 g/mol. The van der Waals surface area contributed by atoms with E-state index in [1.54, 1.807) is 42.5 Å². The highest BCUT2D eigenvalue weighted by Crippen LogP contribution is 2.38. The van der Waals surface area contributed by atoms with E-state index < -0.39 is 33.0 Å². The fourth-order valence-corrected chi connectivity index (χ4v) is 4.37. The third-order valence-corrected chi connectivity index (χ3v) is 6.37. The number of amides is 1. The molecule has 1 amide bonds. The van der Waals surface area contributed by atoms with E-state index in [2.05, 4.69) is 32.1 Å². The zero-order valence-electron chi connectivity index (χ0n) is 28.6. The molecule has 0 saturated carbocycles. The highest BCUT2D eigenvalue weighted by molar-refractivity contribution is 7.85. The van der Waals surface area contributed by atoms with Crippen LogP contribution >= 0.6 is 0 Å². The van der Waals surface area contributed by atoms with Gasteiger partial charge in [0.15, 0.2) is 0 Å². The summed E-state index contributed by atoms with van der Waals surface area (Å²) in [6, 6.07) is 12.0. The number of anilines is 4. The number of alkyl halides is 3. The van der Waals surface area contributed by atoms with Gasteiger partial charge >= 0.3 is 6.18 Å². The number of aromatic nitrogens is 3. The summed E-state index contributed by atoms with van der Waals surface area (Å²) < 4.78 is 98.3. The van der Waals surface area contributed by atoms with Gasteiger partial charge in [0, 0.05) is 55.1 Å². The van der Waals surface area contributed by atoms with E-state index >= 15 is 0 Å². The largest absolute Gasteiger partial charge is 0.494 e. The lowest BCUT2D eigenvalue weighted by Gasteiger charge is -2.26. The van der Waals surface area contributed by atoms with Gasteiger partial charge in [0.25, 0.3) is 20.2 Å². The zero-order chi connectivity index (χ0) is 38.7. The van der Waals surface area contributed by atoms with Crippen LogP contribution in [0, 0.1) is 0 Å². The van der Waals surface area contributed by atoms with Gasteiger partial charge in [0.05, 0.1) is 42.4 Å². The number of benzene rings is 2. The molecule has 0 aliphatic rings. The molecule has 0 unspecified atom stereocenters. The number of carbonyl (C=O) groups is 1. The van der Waals surface area contributed by atoms with Gasteiger partial charge in [0.2, 0.25) is 11.9 Å². The standard InChI is InChI=1S/C29H32F3N7O2.2CH4O3S/c1-6-27(40)34-22-15-23(26(41-5)16-25(22)38(4)14-13-37(2)3)36-28-33-12-11-21(35-28)20-17-39(18-29(30,31)32)24-10-8-7-9-19(20)24;2*1-5(2,3)4/h6-12,15-17H,1,13-14,18H2,2-5H3,(H,34,40)(H,33,35,36);2*1H3,(H,2,3,4). The van der Waals surface area contributed by atoms with Gasteiger partial charge in [0.1, 0.15) is 12.3 Å². The number of hydrogen-bond donors (Lipinski definition) is 4. The summed E-state index contributed by atoms with van der Waals surface area (Å²) in [5, 5.41) is 6.62. The third-order valence-electron chi connectivity index (χ3n) is 6.37. The predicted molar refractivity (Wildman–Crippen MR) is 191 cm³/mol. The maximum Gasteiger partial charge on any atom is 0.406 e. The summed E-state index contributed by atoms with van der Waals surface area (Å²) in [5.41, 5.74) is 3.17. The molecule has 280 valence electrons. The maximum atomic E-state index is 13.2. The third kappa shape index (κ3) is 15.3. The molecule has 0 radical (unpaired) electrons. The monoisotopic (exact) mass is 759 g/mol. The minimum absolute atomic E-state index is 0.197. The van der Waals surface area contributed by atoms with E-state index in [0.29, 0.717) is 58.3 Å². The van der Waals surface area contributed by atoms with Crippen molar-refractivity contribution >= 4 is 60.1 Å². The van der Waals surface area contributed by atoms with Crippen molar-refractivity contribution in [3.05, 3.63) is 67.5 Å². The van der Waals surface area contributed by atoms with Gasteiger partial charge in [-0.2, -0.15) is 30.0 Å². The Hall–Kier alpha value is -4.76. The van der Waals surface area contributed by atoms with Crippen LogP contribution in [0.1, 0.15) is 0 Å². The molecule has 0 aliphatic heterocycles. The number of carbonyl (C=O) groups excluding carboxylic acids is 1. The summed E-state index contributed by atoms with van der Waals surface area (Å²) in [6.45, 7) is 3.90. The summed E-state index contributed by atoms with van der Waals surface area (Å²) >= 11 is 0. The van der Waals surface area contributed by atoms with E-state index in [1.165, 1.54) is 30.1 Å². The summed E-state index contributed by atoms with van der Waals surface area (Å²) in [7, 11) is 0.0592. The van der Waals surface area contributed by atoms with E-state index in [9.17, 15) is 34.8 Å². The van der Waals surface area contributed by atoms with E-state index in [-0.39, 0.29) is 11.9 Å². The van der Waals surface area contributed by atoms with Crippen LogP contribution < -0.4 is 20.3 Å². The molecule has 0 aliphatic carbocycles. The van der Waals surface area contributed by atoms with Crippen molar-refractivity contribution in [3.63, 3.8) is 0 Å². The number of likely N-dealkylation sites (N-methyl/N-ethyl adjacent to an activating group) is 2. The highest BCUT2D eigenvalue weighted by atomic mass is 32.2. The number of rotatable bonds is 11. The number of nitrogens with zero attached hydrogens (tertiary/aromatic N) is 5. The minimum atomic E-state index is -4.38. The van der Waals surface area contributed by atoms with Crippen LogP contribution in [-0.4, -0.2) is 111 Å². The molecule has 0 saturated heterocycles. The number of nitrogens with one attached hydrogen (secondary N) is 2. The topological polar surface area (TPSA) is 196 Å². The first-order valence-corrected chi connectivity index (χ1v) is 18.3. The van der Waals surface area contributed by atoms with Crippen LogP contribution in [0.5, 0.6) is 5.75 Å². The molecule has 0 bridgehead atoms. The summed E-state index contributed by atoms with van der Waals surface area (Å²) in [4.78, 5) is 25.2. The average molecular weight is 760 g/mol. The fourth-order valence-electron chi connectivity index (χ4n) is 4.37. The molecule has 4 rings (SSSR count). The second-order valence-corrected chi connectivity index (χ2v) is 14.1. The Morgan fingerprint density at radius 3 is 2.18 bits per heavy atom. The van der Waals surface area contributed by atoms with Gasteiger partial charge in [-0.25, -0.2) is 9.97 Å². The van der Waals surface area contributed by atoms with Crippen molar-refractivity contribution < 1.29 is 48.6 Å². The second kappa shape index (κ2) is 17.9. The Kier molecular flexibility index (Phi) is 14.9. The molecule has 4 aromatic rings. The van der Waals surface area contributed by atoms with Gasteiger partial charge in [-0.3, -0.25) is 13.9 Å². The zero-order valence-corrected chi connectivity index (χ0v) is 30.3. The molecule has 2 aromatic carbocycles. The average Bonchev–Trinajstić information content (AvgIpc) is 3.35. The highest BCUT2D eigenvalue weighted by Gasteiger charge is 2.29. The minimum Gasteiger partial charge on any atom is -0.494 e. The summed E-state index contributed by atoms with van der Waals surface area (Å²) in [5.74, 6) is 0.295. The van der Waals surface area contributed by atoms with Crippen LogP contribution in [0.2, 0.25) is 0 Å². The first-order valence-electron chi connectivity index (χ1n) is 14.6. The SMILES string of the molecule is C=CC(=O)Nc1cc(Nc2nccc(-c3cn(CC(F)(F)F)c4ccccc34)n2)c(OC)cc1N(C)CCN(C)C.CS(=O)(=O)O.CS(=O)(=O)O. The Morgan fingerprint density at radius 2 is 1.63 bits per heavy atom. The second-order valence-electron chi connectivity index (χ2n) is 11.1. The smallest absolute Gasteiger partial charge is 0.406 e. The van der Waals surface area contributed by atoms with Gasteiger partial charge in [-0.15, -0.1) is 0 Å². The number of hydrogen-bond acceptors (Lipinski definition) is 11. The van der Waals surface area contributed by atoms with E-state index in [4.69, 9.17) is 13.8 Å². The Labute approximate surface area is 294 Å². The van der Waals surface area contributed by atoms with Gasteiger partial charge < -0.3 is 29.7 Å². The molecule has 2 heterocycles. The first-order chi connectivity index (χ1) is 23.5. The van der Waals surface area contributed by atoms with Gasteiger partial charge in [-0.1, -0.05) is 24.8 Å². The van der Waals surface area contributed by atoms with Crippen molar-refractivity contribution in [2.24, 2.45) is 0 Å². The lowest BCUT2D eigenvalue weighted by Crippen LogP contribution is -2.29. The Morgan fingerprint density at radius 1 is 1.02 bits per heavy atom. The Bertz CT molecular complexity index is 1990. The van der Waals surface area contributed by atoms with Crippen molar-refractivity contribution in [2.45, 2.75) is 12.7 Å². The van der Waals surface area contributed by atoms with E-state index in [1.807, 2.05) is 26.0 Å². The number of methoxy groups -OCH3 is 1. The molecule has 20 heteroatoms. The Balaban J connectivity index is 0.000000793. The molecule has 15 nitrogen and oxygen atoms in total. The number of fused-ring (bicyclic) bond motifs is 1. The van der Waals surface area contributed by atoms with Gasteiger partial charge in [-0.05, 0) is 38.4 Å². The quantitative estimate of drug-likeness (QED) is 0.123. The predicted octanol–water partition coefficient (Wildman–Crippen LogP) is 4.54. The maximum absolute atomic E-state index is 13.2. The number of para-hydroxylation sites is 1. The lowest BCUT2D eigenvalue weighted by molar-refractivity contribution is -0.139. The molecule has 0 atom stereocenters. The summed E-state index contributed by atoms with van der Waals surface area (Å²) in [6.07, 6.45) is 1.21. The van der Waals surface area contributed by atoms with Crippen molar-refractivity contribution in [3.8, 4) is 17.0 Å². The molecule has 0 fully saturated rings. The molecule has 0 spiro atoms. The van der Waals surface area contributed by atoms with Crippen LogP contribution in [-0.2, 0) is 31.6 Å². The fraction of sp³-hybridized carbons (Fsp3) is 0.323. The lowest BCUT2D eigenvalue weighted by atomic mass is 10.1.